The predicted octanol–water partition coefficient (Wildman–Crippen LogP) is 1.09. The average Bonchev–Trinajstić information content (AvgIpc) is 3.09. The second kappa shape index (κ2) is 9.17. The molecule has 0 radical (unpaired) electrons. The van der Waals surface area contributed by atoms with Crippen molar-refractivity contribution in [1.29, 1.82) is 0 Å². The van der Waals surface area contributed by atoms with Crippen LogP contribution < -0.4 is 5.32 Å². The Morgan fingerprint density at radius 2 is 2.04 bits per heavy atom. The van der Waals surface area contributed by atoms with Crippen molar-refractivity contribution >= 4 is 5.96 Å². The summed E-state index contributed by atoms with van der Waals surface area (Å²) in [6.45, 7) is 8.59. The maximum absolute atomic E-state index is 9.83. The molecule has 138 valence electrons. The molecular weight excluding hydrogens is 316 g/mol. The molecule has 1 unspecified atom stereocenters. The van der Waals surface area contributed by atoms with Crippen LogP contribution in [0.4, 0.5) is 0 Å². The number of rotatable bonds is 5. The van der Waals surface area contributed by atoms with Gasteiger partial charge in [-0.1, -0.05) is 30.3 Å². The molecule has 0 amide bonds. The van der Waals surface area contributed by atoms with Crippen LogP contribution in [0.1, 0.15) is 24.9 Å². The van der Waals surface area contributed by atoms with Crippen LogP contribution in [-0.4, -0.2) is 79.5 Å². The first-order valence-corrected chi connectivity index (χ1v) is 9.36. The highest BCUT2D eigenvalue weighted by Gasteiger charge is 2.25. The van der Waals surface area contributed by atoms with Gasteiger partial charge in [-0.2, -0.15) is 0 Å². The third-order valence-electron chi connectivity index (χ3n) is 4.88. The first-order chi connectivity index (χ1) is 12.3. The Hall–Kier alpha value is -1.63. The highest BCUT2D eigenvalue weighted by Crippen LogP contribution is 2.22. The fraction of sp³-hybridized carbons (Fsp3) is 0.632. The first-order valence-electron chi connectivity index (χ1n) is 9.36. The standard InChI is InChI=1S/C19H30N4O2/c1-2-20-19(23-9-8-17(24)15-23)21-14-18(16-6-4-3-5-7-16)22-10-12-25-13-11-22/h3-7,17-18,24H,2,8-15H2,1H3,(H,20,21)/t17-,18?/m1/s1. The van der Waals surface area contributed by atoms with Crippen molar-refractivity contribution in [3.8, 4) is 0 Å². The minimum Gasteiger partial charge on any atom is -0.391 e. The second-order valence-electron chi connectivity index (χ2n) is 6.66. The zero-order valence-electron chi connectivity index (χ0n) is 15.1. The van der Waals surface area contributed by atoms with E-state index < -0.39 is 0 Å². The molecule has 2 N–H and O–H groups in total. The average molecular weight is 346 g/mol. The SMILES string of the molecule is CCNC(=NCC(c1ccccc1)N1CCOCC1)N1CC[C@@H](O)C1. The van der Waals surface area contributed by atoms with E-state index in [4.69, 9.17) is 9.73 Å². The van der Waals surface area contributed by atoms with Crippen molar-refractivity contribution in [2.75, 3.05) is 52.5 Å². The Kier molecular flexibility index (Phi) is 6.67. The number of nitrogens with zero attached hydrogens (tertiary/aromatic N) is 3. The van der Waals surface area contributed by atoms with Gasteiger partial charge in [0.1, 0.15) is 0 Å². The molecule has 2 heterocycles. The van der Waals surface area contributed by atoms with E-state index >= 15 is 0 Å². The maximum Gasteiger partial charge on any atom is 0.194 e. The zero-order valence-corrected chi connectivity index (χ0v) is 15.1. The number of likely N-dealkylation sites (tertiary alicyclic amines) is 1. The molecule has 0 aliphatic carbocycles. The molecule has 3 rings (SSSR count). The van der Waals surface area contributed by atoms with Crippen molar-refractivity contribution in [3.63, 3.8) is 0 Å². The van der Waals surface area contributed by atoms with Crippen LogP contribution in [0.3, 0.4) is 0 Å². The minimum absolute atomic E-state index is 0.243. The van der Waals surface area contributed by atoms with Gasteiger partial charge in [0.05, 0.1) is 31.9 Å². The lowest BCUT2D eigenvalue weighted by Crippen LogP contribution is -2.43. The van der Waals surface area contributed by atoms with E-state index in [2.05, 4.69) is 52.4 Å². The smallest absolute Gasteiger partial charge is 0.194 e. The molecule has 0 spiro atoms. The third-order valence-corrected chi connectivity index (χ3v) is 4.88. The lowest BCUT2D eigenvalue weighted by molar-refractivity contribution is 0.0179. The van der Waals surface area contributed by atoms with Crippen LogP contribution in [0, 0.1) is 0 Å². The first kappa shape index (κ1) is 18.2. The van der Waals surface area contributed by atoms with Gasteiger partial charge in [0.25, 0.3) is 0 Å². The molecule has 1 aromatic carbocycles. The van der Waals surface area contributed by atoms with Gasteiger partial charge in [0.15, 0.2) is 5.96 Å². The summed E-state index contributed by atoms with van der Waals surface area (Å²) in [5.41, 5.74) is 1.30. The molecule has 2 aliphatic rings. The molecule has 2 atom stereocenters. The zero-order chi connectivity index (χ0) is 17.5. The summed E-state index contributed by atoms with van der Waals surface area (Å²) in [4.78, 5) is 9.54. The van der Waals surface area contributed by atoms with Gasteiger partial charge in [-0.3, -0.25) is 9.89 Å². The number of hydrogen-bond acceptors (Lipinski definition) is 4. The van der Waals surface area contributed by atoms with Crippen LogP contribution in [0.2, 0.25) is 0 Å². The summed E-state index contributed by atoms with van der Waals surface area (Å²) >= 11 is 0. The van der Waals surface area contributed by atoms with E-state index in [9.17, 15) is 5.11 Å². The van der Waals surface area contributed by atoms with E-state index in [0.717, 1.165) is 51.8 Å². The van der Waals surface area contributed by atoms with Gasteiger partial charge in [-0.25, -0.2) is 0 Å². The summed E-state index contributed by atoms with van der Waals surface area (Å²) in [7, 11) is 0. The highest BCUT2D eigenvalue weighted by molar-refractivity contribution is 5.80. The van der Waals surface area contributed by atoms with Gasteiger partial charge in [0, 0.05) is 32.7 Å². The molecule has 2 aliphatic heterocycles. The van der Waals surface area contributed by atoms with Crippen LogP contribution in [0.5, 0.6) is 0 Å². The number of morpholine rings is 1. The van der Waals surface area contributed by atoms with E-state index in [1.54, 1.807) is 0 Å². The van der Waals surface area contributed by atoms with E-state index in [1.165, 1.54) is 5.56 Å². The Morgan fingerprint density at radius 3 is 2.68 bits per heavy atom. The Labute approximate surface area is 150 Å². The summed E-state index contributed by atoms with van der Waals surface area (Å²) in [6.07, 6.45) is 0.573. The fourth-order valence-corrected chi connectivity index (χ4v) is 3.53. The number of aliphatic imine (C=N–C) groups is 1. The highest BCUT2D eigenvalue weighted by atomic mass is 16.5. The number of nitrogens with one attached hydrogen (secondary N) is 1. The Morgan fingerprint density at radius 1 is 1.28 bits per heavy atom. The molecule has 2 fully saturated rings. The Bertz CT molecular complexity index is 546. The summed E-state index contributed by atoms with van der Waals surface area (Å²) in [5.74, 6) is 0.910. The van der Waals surface area contributed by atoms with E-state index in [-0.39, 0.29) is 12.1 Å². The number of guanidine groups is 1. The van der Waals surface area contributed by atoms with Crippen molar-refractivity contribution in [1.82, 2.24) is 15.1 Å². The molecule has 0 aromatic heterocycles. The summed E-state index contributed by atoms with van der Waals surface area (Å²) < 4.78 is 5.52. The fourth-order valence-electron chi connectivity index (χ4n) is 3.53. The maximum atomic E-state index is 9.83. The molecule has 2 saturated heterocycles. The number of aliphatic hydroxyl groups is 1. The van der Waals surface area contributed by atoms with E-state index in [0.29, 0.717) is 13.1 Å². The molecular formula is C19H30N4O2. The normalized spacial score (nSPS) is 23.7. The number of ether oxygens (including phenoxy) is 1. The van der Waals surface area contributed by atoms with Crippen molar-refractivity contribution in [2.45, 2.75) is 25.5 Å². The lowest BCUT2D eigenvalue weighted by atomic mass is 10.1. The number of benzene rings is 1. The van der Waals surface area contributed by atoms with Crippen LogP contribution in [-0.2, 0) is 4.74 Å². The molecule has 25 heavy (non-hydrogen) atoms. The predicted molar refractivity (Wildman–Crippen MR) is 99.8 cm³/mol. The summed E-state index contributed by atoms with van der Waals surface area (Å²) in [5, 5.41) is 13.2. The van der Waals surface area contributed by atoms with Crippen LogP contribution in [0.25, 0.3) is 0 Å². The van der Waals surface area contributed by atoms with Crippen LogP contribution in [0.15, 0.2) is 35.3 Å². The van der Waals surface area contributed by atoms with Gasteiger partial charge in [0.2, 0.25) is 0 Å². The number of aliphatic hydroxyl groups excluding tert-OH is 1. The summed E-state index contributed by atoms with van der Waals surface area (Å²) in [6, 6.07) is 10.9. The quantitative estimate of drug-likeness (QED) is 0.617. The molecule has 0 bridgehead atoms. The van der Waals surface area contributed by atoms with Crippen LogP contribution >= 0.6 is 0 Å². The molecule has 6 nitrogen and oxygen atoms in total. The van der Waals surface area contributed by atoms with Crippen molar-refractivity contribution in [3.05, 3.63) is 35.9 Å². The minimum atomic E-state index is -0.243. The van der Waals surface area contributed by atoms with Gasteiger partial charge < -0.3 is 20.1 Å². The van der Waals surface area contributed by atoms with Crippen molar-refractivity contribution in [2.24, 2.45) is 4.99 Å². The molecule has 0 saturated carbocycles. The largest absolute Gasteiger partial charge is 0.391 e. The van der Waals surface area contributed by atoms with Gasteiger partial charge >= 0.3 is 0 Å². The molecule has 6 heteroatoms. The van der Waals surface area contributed by atoms with Gasteiger partial charge in [-0.05, 0) is 18.9 Å². The topological polar surface area (TPSA) is 60.3 Å². The Balaban J connectivity index is 1.75. The van der Waals surface area contributed by atoms with E-state index in [1.807, 2.05) is 0 Å². The monoisotopic (exact) mass is 346 g/mol. The molecule has 1 aromatic rings. The second-order valence-corrected chi connectivity index (χ2v) is 6.66. The number of hydrogen-bond donors (Lipinski definition) is 2. The number of β-amino-alcohol motifs (C(OH)–C–C–N with tert-alkyl or cyclic N) is 1. The lowest BCUT2D eigenvalue weighted by Gasteiger charge is -2.34. The van der Waals surface area contributed by atoms with Gasteiger partial charge in [-0.15, -0.1) is 0 Å². The third kappa shape index (κ3) is 4.93. The van der Waals surface area contributed by atoms with Crippen molar-refractivity contribution < 1.29 is 9.84 Å².